The van der Waals surface area contributed by atoms with Crippen molar-refractivity contribution in [2.24, 2.45) is 0 Å². The molecule has 1 aromatic rings. The van der Waals surface area contributed by atoms with Gasteiger partial charge in [0.1, 0.15) is 6.61 Å². The van der Waals surface area contributed by atoms with E-state index in [1.807, 2.05) is 0 Å². The first-order valence-electron chi connectivity index (χ1n) is 5.55. The summed E-state index contributed by atoms with van der Waals surface area (Å²) in [6, 6.07) is 6.46. The quantitative estimate of drug-likeness (QED) is 0.804. The molecule has 0 saturated carbocycles. The number of carbonyl (C=O) groups excluding carboxylic acids is 2. The Labute approximate surface area is 106 Å². The number of benzene rings is 1. The first-order chi connectivity index (χ1) is 8.28. The van der Waals surface area contributed by atoms with Crippen LogP contribution in [0.2, 0.25) is 0 Å². The van der Waals surface area contributed by atoms with E-state index in [0.29, 0.717) is 11.3 Å². The largest absolute Gasteiger partial charge is 0.446 e. The number of ether oxygens (including phenoxy) is 1. The second-order valence-electron chi connectivity index (χ2n) is 4.65. The Morgan fingerprint density at radius 3 is 2.28 bits per heavy atom. The Balaban J connectivity index is 2.52. The van der Waals surface area contributed by atoms with E-state index in [2.05, 4.69) is 5.32 Å². The molecular formula is C13H17NO4. The Kier molecular flexibility index (Phi) is 4.44. The Hall–Kier alpha value is -1.88. The van der Waals surface area contributed by atoms with Crippen molar-refractivity contribution in [2.45, 2.75) is 26.4 Å². The first-order valence-corrected chi connectivity index (χ1v) is 5.55. The fourth-order valence-corrected chi connectivity index (χ4v) is 1.18. The van der Waals surface area contributed by atoms with Crippen LogP contribution in [0.25, 0.3) is 0 Å². The van der Waals surface area contributed by atoms with Crippen LogP contribution >= 0.6 is 0 Å². The van der Waals surface area contributed by atoms with Gasteiger partial charge in [0.2, 0.25) is 0 Å². The fourth-order valence-electron chi connectivity index (χ4n) is 1.18. The van der Waals surface area contributed by atoms with E-state index in [0.717, 1.165) is 0 Å². The molecule has 0 atom stereocenters. The third-order valence-corrected chi connectivity index (χ3v) is 2.09. The smallest absolute Gasteiger partial charge is 0.411 e. The SMILES string of the molecule is CC(=O)c1ccc(NC(=O)OCC(C)(C)O)cc1. The van der Waals surface area contributed by atoms with Crippen LogP contribution in [-0.4, -0.2) is 29.2 Å². The molecular weight excluding hydrogens is 234 g/mol. The summed E-state index contributed by atoms with van der Waals surface area (Å²) < 4.78 is 4.82. The lowest BCUT2D eigenvalue weighted by Gasteiger charge is -2.16. The third-order valence-electron chi connectivity index (χ3n) is 2.09. The minimum Gasteiger partial charge on any atom is -0.446 e. The fraction of sp³-hybridized carbons (Fsp3) is 0.385. The molecule has 0 heterocycles. The summed E-state index contributed by atoms with van der Waals surface area (Å²) in [5, 5.41) is 11.9. The zero-order valence-corrected chi connectivity index (χ0v) is 10.7. The van der Waals surface area contributed by atoms with Gasteiger partial charge in [0, 0.05) is 11.3 Å². The lowest BCUT2D eigenvalue weighted by molar-refractivity contribution is 0.0107. The lowest BCUT2D eigenvalue weighted by Crippen LogP contribution is -2.29. The van der Waals surface area contributed by atoms with E-state index in [-0.39, 0.29) is 12.4 Å². The highest BCUT2D eigenvalue weighted by molar-refractivity contribution is 5.94. The van der Waals surface area contributed by atoms with Crippen LogP contribution in [0.1, 0.15) is 31.1 Å². The normalized spacial score (nSPS) is 10.9. The molecule has 1 rings (SSSR count). The Morgan fingerprint density at radius 1 is 1.28 bits per heavy atom. The zero-order chi connectivity index (χ0) is 13.8. The van der Waals surface area contributed by atoms with Gasteiger partial charge in [-0.3, -0.25) is 10.1 Å². The highest BCUT2D eigenvalue weighted by Gasteiger charge is 2.15. The summed E-state index contributed by atoms with van der Waals surface area (Å²) in [5.41, 5.74) is 0.0432. The van der Waals surface area contributed by atoms with Crippen LogP contribution in [0.3, 0.4) is 0 Å². The number of anilines is 1. The summed E-state index contributed by atoms with van der Waals surface area (Å²) >= 11 is 0. The number of hydrogen-bond donors (Lipinski definition) is 2. The molecule has 5 heteroatoms. The molecule has 0 aliphatic rings. The first kappa shape index (κ1) is 14.2. The molecule has 0 aromatic heterocycles. The van der Waals surface area contributed by atoms with Gasteiger partial charge in [-0.15, -0.1) is 0 Å². The molecule has 0 saturated heterocycles. The Bertz CT molecular complexity index is 431. The molecule has 0 fully saturated rings. The van der Waals surface area contributed by atoms with Crippen LogP contribution in [0.15, 0.2) is 24.3 Å². The standard InChI is InChI=1S/C13H17NO4/c1-9(15)10-4-6-11(7-5-10)14-12(16)18-8-13(2,3)17/h4-7,17H,8H2,1-3H3,(H,14,16). The van der Waals surface area contributed by atoms with Gasteiger partial charge in [0.25, 0.3) is 0 Å². The number of hydrogen-bond acceptors (Lipinski definition) is 4. The number of ketones is 1. The van der Waals surface area contributed by atoms with E-state index in [4.69, 9.17) is 4.74 Å². The maximum Gasteiger partial charge on any atom is 0.411 e. The number of amides is 1. The second kappa shape index (κ2) is 5.64. The minimum atomic E-state index is -1.06. The summed E-state index contributed by atoms with van der Waals surface area (Å²) in [6.45, 7) is 4.47. The monoisotopic (exact) mass is 251 g/mol. The van der Waals surface area contributed by atoms with Gasteiger partial charge >= 0.3 is 6.09 Å². The Morgan fingerprint density at radius 2 is 1.83 bits per heavy atom. The van der Waals surface area contributed by atoms with Gasteiger partial charge in [-0.2, -0.15) is 0 Å². The van der Waals surface area contributed by atoms with Crippen LogP contribution < -0.4 is 5.32 Å². The predicted octanol–water partition coefficient (Wildman–Crippen LogP) is 2.21. The molecule has 5 nitrogen and oxygen atoms in total. The minimum absolute atomic E-state index is 0.0360. The molecule has 1 aromatic carbocycles. The number of nitrogens with one attached hydrogen (secondary N) is 1. The number of aliphatic hydroxyl groups is 1. The van der Waals surface area contributed by atoms with Gasteiger partial charge in [-0.1, -0.05) is 0 Å². The maximum atomic E-state index is 11.4. The average Bonchev–Trinajstić information content (AvgIpc) is 2.26. The van der Waals surface area contributed by atoms with Crippen molar-refractivity contribution in [3.8, 4) is 0 Å². The van der Waals surface area contributed by atoms with E-state index in [9.17, 15) is 14.7 Å². The van der Waals surface area contributed by atoms with Crippen LogP contribution in [0, 0.1) is 0 Å². The molecule has 0 aliphatic carbocycles. The van der Waals surface area contributed by atoms with Crippen molar-refractivity contribution in [3.05, 3.63) is 29.8 Å². The summed E-state index contributed by atoms with van der Waals surface area (Å²) in [7, 11) is 0. The second-order valence-corrected chi connectivity index (χ2v) is 4.65. The molecule has 18 heavy (non-hydrogen) atoms. The predicted molar refractivity (Wildman–Crippen MR) is 67.7 cm³/mol. The molecule has 0 bridgehead atoms. The highest BCUT2D eigenvalue weighted by Crippen LogP contribution is 2.11. The van der Waals surface area contributed by atoms with Crippen molar-refractivity contribution >= 4 is 17.6 Å². The van der Waals surface area contributed by atoms with Crippen LogP contribution in [-0.2, 0) is 4.74 Å². The van der Waals surface area contributed by atoms with E-state index < -0.39 is 11.7 Å². The van der Waals surface area contributed by atoms with Gasteiger partial charge in [0.15, 0.2) is 5.78 Å². The third kappa shape index (κ3) is 4.97. The number of rotatable bonds is 4. The summed E-state index contributed by atoms with van der Waals surface area (Å²) in [4.78, 5) is 22.4. The van der Waals surface area contributed by atoms with Gasteiger partial charge in [-0.05, 0) is 45.0 Å². The van der Waals surface area contributed by atoms with E-state index in [1.165, 1.54) is 6.92 Å². The van der Waals surface area contributed by atoms with E-state index in [1.54, 1.807) is 38.1 Å². The van der Waals surface area contributed by atoms with E-state index >= 15 is 0 Å². The molecule has 0 radical (unpaired) electrons. The van der Waals surface area contributed by atoms with Crippen LogP contribution in [0.4, 0.5) is 10.5 Å². The lowest BCUT2D eigenvalue weighted by atomic mass is 10.1. The van der Waals surface area contributed by atoms with Gasteiger partial charge < -0.3 is 9.84 Å². The summed E-state index contributed by atoms with van der Waals surface area (Å²) in [5.74, 6) is -0.0360. The van der Waals surface area contributed by atoms with Crippen molar-refractivity contribution in [1.29, 1.82) is 0 Å². The average molecular weight is 251 g/mol. The van der Waals surface area contributed by atoms with Gasteiger partial charge in [-0.25, -0.2) is 4.79 Å². The van der Waals surface area contributed by atoms with Crippen molar-refractivity contribution in [2.75, 3.05) is 11.9 Å². The molecule has 0 unspecified atom stereocenters. The van der Waals surface area contributed by atoms with Gasteiger partial charge in [0.05, 0.1) is 5.60 Å². The number of Topliss-reactive ketones (excluding diaryl/α,β-unsaturated/α-hetero) is 1. The molecule has 98 valence electrons. The molecule has 0 spiro atoms. The topological polar surface area (TPSA) is 75.6 Å². The maximum absolute atomic E-state index is 11.4. The van der Waals surface area contributed by atoms with Crippen molar-refractivity contribution < 1.29 is 19.4 Å². The van der Waals surface area contributed by atoms with Crippen molar-refractivity contribution in [1.82, 2.24) is 0 Å². The highest BCUT2D eigenvalue weighted by atomic mass is 16.6. The molecule has 2 N–H and O–H groups in total. The zero-order valence-electron chi connectivity index (χ0n) is 10.7. The van der Waals surface area contributed by atoms with Crippen LogP contribution in [0.5, 0.6) is 0 Å². The molecule has 0 aliphatic heterocycles. The number of carbonyl (C=O) groups is 2. The molecule has 1 amide bonds. The summed E-state index contributed by atoms with van der Waals surface area (Å²) in [6.07, 6.45) is -0.646. The van der Waals surface area contributed by atoms with Crippen molar-refractivity contribution in [3.63, 3.8) is 0 Å².